The molecule has 1 N–H and O–H groups in total. The van der Waals surface area contributed by atoms with E-state index in [1.54, 1.807) is 24.3 Å². The Morgan fingerprint density at radius 2 is 1.86 bits per heavy atom. The molecule has 2 aromatic carbocycles. The maximum atomic E-state index is 13.1. The number of hydrogen-bond acceptors (Lipinski definition) is 3. The van der Waals surface area contributed by atoms with Gasteiger partial charge in [0.05, 0.1) is 12.1 Å². The van der Waals surface area contributed by atoms with E-state index in [-0.39, 0.29) is 12.1 Å². The quantitative estimate of drug-likeness (QED) is 0.877. The van der Waals surface area contributed by atoms with E-state index in [9.17, 15) is 17.1 Å². The summed E-state index contributed by atoms with van der Waals surface area (Å²) in [6, 6.07) is 12.0. The molecule has 0 saturated carbocycles. The lowest BCUT2D eigenvalue weighted by molar-refractivity contribution is -0.115. The van der Waals surface area contributed by atoms with Gasteiger partial charge in [0.25, 0.3) is 0 Å². The van der Waals surface area contributed by atoms with E-state index >= 15 is 0 Å². The van der Waals surface area contributed by atoms with Crippen LogP contribution in [0.1, 0.15) is 5.56 Å². The number of nitrogens with one attached hydrogen (secondary N) is 1. The molecule has 7 heteroatoms. The maximum Gasteiger partial charge on any atom is 0.334 e. The van der Waals surface area contributed by atoms with Gasteiger partial charge in [0.2, 0.25) is 5.91 Å². The molecule has 0 fully saturated rings. The van der Waals surface area contributed by atoms with E-state index in [1.807, 2.05) is 0 Å². The van der Waals surface area contributed by atoms with Gasteiger partial charge in [-0.2, -0.15) is 8.42 Å². The van der Waals surface area contributed by atoms with E-state index in [4.69, 9.17) is 11.6 Å². The maximum absolute atomic E-state index is 13.1. The fourth-order valence-electron chi connectivity index (χ4n) is 1.81. The zero-order valence-corrected chi connectivity index (χ0v) is 12.3. The van der Waals surface area contributed by atoms with Crippen molar-refractivity contribution in [3.63, 3.8) is 0 Å². The summed E-state index contributed by atoms with van der Waals surface area (Å²) in [7, 11) is -4.89. The molecule has 0 heterocycles. The first kappa shape index (κ1) is 15.5. The molecule has 1 amide bonds. The molecule has 0 aliphatic heterocycles. The summed E-state index contributed by atoms with van der Waals surface area (Å²) in [6.45, 7) is 0. The van der Waals surface area contributed by atoms with Crippen molar-refractivity contribution in [2.75, 3.05) is 5.32 Å². The number of carbonyl (C=O) groups excluding carboxylic acids is 1. The predicted octanol–water partition coefficient (Wildman–Crippen LogP) is 3.18. The molecule has 0 bridgehead atoms. The highest BCUT2D eigenvalue weighted by atomic mass is 35.5. The Morgan fingerprint density at radius 3 is 2.52 bits per heavy atom. The molecular weight excluding hydrogens is 317 g/mol. The Balaban J connectivity index is 2.17. The Kier molecular flexibility index (Phi) is 4.59. The van der Waals surface area contributed by atoms with Gasteiger partial charge in [0.15, 0.2) is 0 Å². The zero-order chi connectivity index (χ0) is 15.5. The average Bonchev–Trinajstić information content (AvgIpc) is 2.37. The van der Waals surface area contributed by atoms with E-state index in [1.165, 1.54) is 18.2 Å². The highest BCUT2D eigenvalue weighted by molar-refractivity contribution is 7.86. The van der Waals surface area contributed by atoms with Crippen molar-refractivity contribution in [1.82, 2.24) is 0 Å². The second-order valence-electron chi connectivity index (χ2n) is 4.29. The number of para-hydroxylation sites is 1. The standard InChI is InChI=1S/C14H11ClFNO3S/c15-11-5-3-4-10(8-11)9-14(18)17-12-6-1-2-7-13(12)21(16,19)20/h1-8H,9H2,(H,17,18). The van der Waals surface area contributed by atoms with Crippen LogP contribution in [0.15, 0.2) is 53.4 Å². The first-order valence-corrected chi connectivity index (χ1v) is 7.70. The highest BCUT2D eigenvalue weighted by Crippen LogP contribution is 2.23. The molecular formula is C14H11ClFNO3S. The lowest BCUT2D eigenvalue weighted by Crippen LogP contribution is -2.16. The van der Waals surface area contributed by atoms with Crippen LogP contribution in [0.2, 0.25) is 5.02 Å². The summed E-state index contributed by atoms with van der Waals surface area (Å²) >= 11 is 5.81. The number of carbonyl (C=O) groups is 1. The van der Waals surface area contributed by atoms with Crippen LogP contribution < -0.4 is 5.32 Å². The fourth-order valence-corrected chi connectivity index (χ4v) is 2.64. The van der Waals surface area contributed by atoms with E-state index < -0.39 is 21.0 Å². The molecule has 0 saturated heterocycles. The van der Waals surface area contributed by atoms with Crippen molar-refractivity contribution in [3.05, 3.63) is 59.1 Å². The molecule has 21 heavy (non-hydrogen) atoms. The second-order valence-corrected chi connectivity index (χ2v) is 6.04. The van der Waals surface area contributed by atoms with Crippen LogP contribution >= 0.6 is 11.6 Å². The molecule has 2 aromatic rings. The minimum absolute atomic E-state index is 0.00122. The molecule has 0 aliphatic carbocycles. The van der Waals surface area contributed by atoms with Crippen molar-refractivity contribution in [2.24, 2.45) is 0 Å². The van der Waals surface area contributed by atoms with Crippen LogP contribution in [-0.2, 0) is 21.4 Å². The zero-order valence-electron chi connectivity index (χ0n) is 10.7. The number of benzene rings is 2. The van der Waals surface area contributed by atoms with Gasteiger partial charge in [-0.3, -0.25) is 4.79 Å². The van der Waals surface area contributed by atoms with Crippen molar-refractivity contribution >= 4 is 33.4 Å². The SMILES string of the molecule is O=C(Cc1cccc(Cl)c1)Nc1ccccc1S(=O)(=O)F. The third kappa shape index (κ3) is 4.27. The van der Waals surface area contributed by atoms with Crippen LogP contribution in [0, 0.1) is 0 Å². The Labute approximate surface area is 126 Å². The molecule has 0 atom stereocenters. The Morgan fingerprint density at radius 1 is 1.14 bits per heavy atom. The number of amides is 1. The smallest absolute Gasteiger partial charge is 0.325 e. The highest BCUT2D eigenvalue weighted by Gasteiger charge is 2.18. The van der Waals surface area contributed by atoms with Crippen molar-refractivity contribution in [3.8, 4) is 0 Å². The van der Waals surface area contributed by atoms with Gasteiger partial charge in [0.1, 0.15) is 4.90 Å². The summed E-state index contributed by atoms with van der Waals surface area (Å²) < 4.78 is 35.1. The third-order valence-electron chi connectivity index (χ3n) is 2.68. The molecule has 0 unspecified atom stereocenters. The van der Waals surface area contributed by atoms with Gasteiger partial charge in [-0.25, -0.2) is 0 Å². The molecule has 0 spiro atoms. The monoisotopic (exact) mass is 327 g/mol. The summed E-state index contributed by atoms with van der Waals surface area (Å²) in [4.78, 5) is 11.3. The first-order chi connectivity index (χ1) is 9.86. The van der Waals surface area contributed by atoms with Crippen molar-refractivity contribution in [2.45, 2.75) is 11.3 Å². The predicted molar refractivity (Wildman–Crippen MR) is 78.5 cm³/mol. The second kappa shape index (κ2) is 6.24. The van der Waals surface area contributed by atoms with Crippen LogP contribution in [0.5, 0.6) is 0 Å². The summed E-state index contributed by atoms with van der Waals surface area (Å²) in [5.41, 5.74) is 0.576. The first-order valence-electron chi connectivity index (χ1n) is 5.94. The third-order valence-corrected chi connectivity index (χ3v) is 3.79. The van der Waals surface area contributed by atoms with E-state index in [2.05, 4.69) is 5.32 Å². The molecule has 0 aliphatic rings. The van der Waals surface area contributed by atoms with E-state index in [0.29, 0.717) is 10.6 Å². The summed E-state index contributed by atoms with van der Waals surface area (Å²) in [5.74, 6) is -0.464. The normalized spacial score (nSPS) is 11.1. The number of hydrogen-bond donors (Lipinski definition) is 1. The molecule has 0 aromatic heterocycles. The summed E-state index contributed by atoms with van der Waals surface area (Å²) in [5, 5.41) is 2.88. The van der Waals surface area contributed by atoms with Gasteiger partial charge < -0.3 is 5.32 Å². The number of halogens is 2. The topological polar surface area (TPSA) is 63.2 Å². The lowest BCUT2D eigenvalue weighted by atomic mass is 10.1. The van der Waals surface area contributed by atoms with Crippen molar-refractivity contribution < 1.29 is 17.1 Å². The van der Waals surface area contributed by atoms with Gasteiger partial charge in [-0.05, 0) is 29.8 Å². The summed E-state index contributed by atoms with van der Waals surface area (Å²) in [6.07, 6.45) is 0.00122. The van der Waals surface area contributed by atoms with Gasteiger partial charge >= 0.3 is 10.2 Å². The van der Waals surface area contributed by atoms with Crippen molar-refractivity contribution in [1.29, 1.82) is 0 Å². The lowest BCUT2D eigenvalue weighted by Gasteiger charge is -2.08. The molecule has 110 valence electrons. The minimum Gasteiger partial charge on any atom is -0.325 e. The fraction of sp³-hybridized carbons (Fsp3) is 0.0714. The van der Waals surface area contributed by atoms with Crippen LogP contribution in [-0.4, -0.2) is 14.3 Å². The van der Waals surface area contributed by atoms with Gasteiger partial charge in [0, 0.05) is 5.02 Å². The number of anilines is 1. The van der Waals surface area contributed by atoms with E-state index in [0.717, 1.165) is 6.07 Å². The number of rotatable bonds is 4. The average molecular weight is 328 g/mol. The Bertz CT molecular complexity index is 777. The van der Waals surface area contributed by atoms with Gasteiger partial charge in [-0.15, -0.1) is 3.89 Å². The van der Waals surface area contributed by atoms with Gasteiger partial charge in [-0.1, -0.05) is 35.9 Å². The van der Waals surface area contributed by atoms with Crippen LogP contribution in [0.3, 0.4) is 0 Å². The molecule has 0 radical (unpaired) electrons. The Hall–Kier alpha value is -1.92. The minimum atomic E-state index is -4.89. The molecule has 2 rings (SSSR count). The molecule has 4 nitrogen and oxygen atoms in total. The van der Waals surface area contributed by atoms with Crippen LogP contribution in [0.4, 0.5) is 9.57 Å². The van der Waals surface area contributed by atoms with Crippen LogP contribution in [0.25, 0.3) is 0 Å². The largest absolute Gasteiger partial charge is 0.334 e.